The second-order valence-corrected chi connectivity index (χ2v) is 6.26. The molecule has 0 heterocycles. The SMILES string of the molecule is O=C(N/N=C\c1ccc(O)cc1O)C(=O)Nc1ccccc1C(=O)Nc1ccccc1. The number of nitrogens with one attached hydrogen (secondary N) is 3. The fourth-order valence-corrected chi connectivity index (χ4v) is 2.54. The Bertz CT molecular complexity index is 1150. The van der Waals surface area contributed by atoms with Gasteiger partial charge in [-0.3, -0.25) is 14.4 Å². The Hall–Kier alpha value is -4.66. The van der Waals surface area contributed by atoms with Gasteiger partial charge in [0.15, 0.2) is 0 Å². The van der Waals surface area contributed by atoms with Crippen molar-refractivity contribution in [1.82, 2.24) is 5.43 Å². The first kappa shape index (κ1) is 21.1. The maximum absolute atomic E-state index is 12.5. The summed E-state index contributed by atoms with van der Waals surface area (Å²) < 4.78 is 0. The van der Waals surface area contributed by atoms with E-state index in [1.807, 2.05) is 11.5 Å². The monoisotopic (exact) mass is 418 g/mol. The smallest absolute Gasteiger partial charge is 0.329 e. The highest BCUT2D eigenvalue weighted by atomic mass is 16.3. The standard InChI is InChI=1S/C22H18N4O5/c27-16-11-10-14(19(28)12-16)13-23-26-22(31)21(30)25-18-9-5-4-8-17(18)20(29)24-15-6-2-1-3-7-15/h1-13,27-28H,(H,24,29)(H,25,30)(H,26,31)/b23-13-. The van der Waals surface area contributed by atoms with Crippen LogP contribution in [0, 0.1) is 0 Å². The van der Waals surface area contributed by atoms with Crippen LogP contribution in [0.5, 0.6) is 11.5 Å². The summed E-state index contributed by atoms with van der Waals surface area (Å²) in [6.07, 6.45) is 1.11. The van der Waals surface area contributed by atoms with Crippen LogP contribution in [0.15, 0.2) is 77.9 Å². The summed E-state index contributed by atoms with van der Waals surface area (Å²) in [5.41, 5.74) is 3.15. The van der Waals surface area contributed by atoms with Gasteiger partial charge >= 0.3 is 11.8 Å². The molecular weight excluding hydrogens is 400 g/mol. The molecule has 0 unspecified atom stereocenters. The normalized spacial score (nSPS) is 10.5. The van der Waals surface area contributed by atoms with Gasteiger partial charge in [-0.25, -0.2) is 5.43 Å². The first-order chi connectivity index (χ1) is 14.9. The molecule has 156 valence electrons. The number of hydrazone groups is 1. The number of phenols is 2. The van der Waals surface area contributed by atoms with Gasteiger partial charge in [0.05, 0.1) is 17.5 Å². The first-order valence-corrected chi connectivity index (χ1v) is 9.06. The van der Waals surface area contributed by atoms with Crippen molar-refractivity contribution in [3.63, 3.8) is 0 Å². The summed E-state index contributed by atoms with van der Waals surface area (Å²) in [6, 6.07) is 18.8. The van der Waals surface area contributed by atoms with Crippen LogP contribution in [0.4, 0.5) is 11.4 Å². The molecule has 0 saturated carbocycles. The van der Waals surface area contributed by atoms with Crippen molar-refractivity contribution in [2.24, 2.45) is 5.10 Å². The molecule has 0 aliphatic carbocycles. The number of carbonyl (C=O) groups excluding carboxylic acids is 3. The Balaban J connectivity index is 1.64. The molecule has 0 aromatic heterocycles. The van der Waals surface area contributed by atoms with Gasteiger partial charge in [-0.15, -0.1) is 0 Å². The highest BCUT2D eigenvalue weighted by molar-refractivity contribution is 6.40. The zero-order valence-corrected chi connectivity index (χ0v) is 16.1. The van der Waals surface area contributed by atoms with Gasteiger partial charge in [-0.1, -0.05) is 30.3 Å². The van der Waals surface area contributed by atoms with Crippen LogP contribution in [0.3, 0.4) is 0 Å². The largest absolute Gasteiger partial charge is 0.508 e. The molecule has 9 nitrogen and oxygen atoms in total. The van der Waals surface area contributed by atoms with Gasteiger partial charge in [0, 0.05) is 17.3 Å². The van der Waals surface area contributed by atoms with Gasteiger partial charge in [-0.2, -0.15) is 5.10 Å². The maximum Gasteiger partial charge on any atom is 0.329 e. The molecule has 0 saturated heterocycles. The minimum absolute atomic E-state index is 0.131. The third kappa shape index (κ3) is 5.67. The Labute approximate surface area is 177 Å². The maximum atomic E-state index is 12.5. The molecule has 3 aromatic rings. The number of phenolic OH excluding ortho intramolecular Hbond substituents is 2. The van der Waals surface area contributed by atoms with Crippen LogP contribution in [0.25, 0.3) is 0 Å². The fraction of sp³-hybridized carbons (Fsp3) is 0. The number of hydrogen-bond donors (Lipinski definition) is 5. The predicted molar refractivity (Wildman–Crippen MR) is 115 cm³/mol. The fourth-order valence-electron chi connectivity index (χ4n) is 2.54. The van der Waals surface area contributed by atoms with Crippen molar-refractivity contribution >= 4 is 35.3 Å². The van der Waals surface area contributed by atoms with Crippen LogP contribution in [-0.2, 0) is 9.59 Å². The van der Waals surface area contributed by atoms with Crippen molar-refractivity contribution in [2.75, 3.05) is 10.6 Å². The van der Waals surface area contributed by atoms with Crippen LogP contribution in [0.2, 0.25) is 0 Å². The number of rotatable bonds is 5. The number of benzene rings is 3. The average Bonchev–Trinajstić information content (AvgIpc) is 2.76. The summed E-state index contributed by atoms with van der Waals surface area (Å²) in [7, 11) is 0. The predicted octanol–water partition coefficient (Wildman–Crippen LogP) is 2.44. The highest BCUT2D eigenvalue weighted by Crippen LogP contribution is 2.21. The van der Waals surface area contributed by atoms with Gasteiger partial charge in [-0.05, 0) is 36.4 Å². The number of nitrogens with zero attached hydrogens (tertiary/aromatic N) is 1. The van der Waals surface area contributed by atoms with Crippen molar-refractivity contribution < 1.29 is 24.6 Å². The van der Waals surface area contributed by atoms with E-state index in [2.05, 4.69) is 15.7 Å². The number of amides is 3. The molecule has 0 radical (unpaired) electrons. The molecule has 3 aromatic carbocycles. The Morgan fingerprint density at radius 3 is 2.26 bits per heavy atom. The molecule has 0 atom stereocenters. The lowest BCUT2D eigenvalue weighted by molar-refractivity contribution is -0.136. The molecule has 0 aliphatic rings. The lowest BCUT2D eigenvalue weighted by Crippen LogP contribution is -2.33. The van der Waals surface area contributed by atoms with Crippen LogP contribution < -0.4 is 16.1 Å². The molecule has 0 spiro atoms. The number of carbonyl (C=O) groups is 3. The minimum Gasteiger partial charge on any atom is -0.508 e. The third-order valence-electron chi connectivity index (χ3n) is 4.04. The van der Waals surface area contributed by atoms with Crippen LogP contribution in [-0.4, -0.2) is 34.1 Å². The number of para-hydroxylation sites is 2. The molecule has 31 heavy (non-hydrogen) atoms. The summed E-state index contributed by atoms with van der Waals surface area (Å²) in [5, 5.41) is 27.6. The molecular formula is C22H18N4O5. The number of anilines is 2. The van der Waals surface area contributed by atoms with Crippen molar-refractivity contribution in [3.05, 3.63) is 83.9 Å². The lowest BCUT2D eigenvalue weighted by atomic mass is 10.1. The Kier molecular flexibility index (Phi) is 6.59. The van der Waals surface area contributed by atoms with E-state index in [0.717, 1.165) is 12.3 Å². The number of aromatic hydroxyl groups is 2. The summed E-state index contributed by atoms with van der Waals surface area (Å²) in [5.74, 6) is -2.95. The van der Waals surface area contributed by atoms with Gasteiger partial charge < -0.3 is 20.8 Å². The molecule has 0 fully saturated rings. The Morgan fingerprint density at radius 2 is 1.52 bits per heavy atom. The van der Waals surface area contributed by atoms with Crippen molar-refractivity contribution in [1.29, 1.82) is 0 Å². The first-order valence-electron chi connectivity index (χ1n) is 9.06. The molecule has 5 N–H and O–H groups in total. The van der Waals surface area contributed by atoms with E-state index in [4.69, 9.17) is 0 Å². The van der Waals surface area contributed by atoms with Gasteiger partial charge in [0.2, 0.25) is 0 Å². The van der Waals surface area contributed by atoms with Crippen molar-refractivity contribution in [2.45, 2.75) is 0 Å². The quantitative estimate of drug-likeness (QED) is 0.246. The molecule has 9 heteroatoms. The summed E-state index contributed by atoms with van der Waals surface area (Å²) >= 11 is 0. The minimum atomic E-state index is -1.08. The molecule has 0 aliphatic heterocycles. The molecule has 0 bridgehead atoms. The highest BCUT2D eigenvalue weighted by Gasteiger charge is 2.17. The third-order valence-corrected chi connectivity index (χ3v) is 4.04. The van der Waals surface area contributed by atoms with E-state index in [0.29, 0.717) is 5.69 Å². The Morgan fingerprint density at radius 1 is 0.806 bits per heavy atom. The van der Waals surface area contributed by atoms with Gasteiger partial charge in [0.25, 0.3) is 5.91 Å². The topological polar surface area (TPSA) is 140 Å². The molecule has 3 amide bonds. The lowest BCUT2D eigenvalue weighted by Gasteiger charge is -2.11. The molecule has 3 rings (SSSR count). The van der Waals surface area contributed by atoms with Crippen molar-refractivity contribution in [3.8, 4) is 11.5 Å². The van der Waals surface area contributed by atoms with Crippen LogP contribution in [0.1, 0.15) is 15.9 Å². The van der Waals surface area contributed by atoms with E-state index in [1.54, 1.807) is 36.4 Å². The second kappa shape index (κ2) is 9.70. The van der Waals surface area contributed by atoms with E-state index in [-0.39, 0.29) is 28.3 Å². The zero-order valence-electron chi connectivity index (χ0n) is 16.1. The van der Waals surface area contributed by atoms with E-state index in [9.17, 15) is 24.6 Å². The number of hydrogen-bond acceptors (Lipinski definition) is 6. The van der Waals surface area contributed by atoms with E-state index in [1.165, 1.54) is 24.3 Å². The van der Waals surface area contributed by atoms with Crippen LogP contribution >= 0.6 is 0 Å². The van der Waals surface area contributed by atoms with E-state index >= 15 is 0 Å². The van der Waals surface area contributed by atoms with Gasteiger partial charge in [0.1, 0.15) is 11.5 Å². The zero-order chi connectivity index (χ0) is 22.2. The second-order valence-electron chi connectivity index (χ2n) is 6.26. The van der Waals surface area contributed by atoms with E-state index < -0.39 is 17.7 Å². The summed E-state index contributed by atoms with van der Waals surface area (Å²) in [4.78, 5) is 36.7. The average molecular weight is 418 g/mol. The summed E-state index contributed by atoms with van der Waals surface area (Å²) in [6.45, 7) is 0.